The van der Waals surface area contributed by atoms with Gasteiger partial charge in [0, 0.05) is 11.3 Å². The lowest BCUT2D eigenvalue weighted by Gasteiger charge is -2.24. The zero-order valence-corrected chi connectivity index (χ0v) is 12.8. The van der Waals surface area contributed by atoms with Crippen LogP contribution >= 0.6 is 0 Å². The van der Waals surface area contributed by atoms with E-state index in [2.05, 4.69) is 4.98 Å². The van der Waals surface area contributed by atoms with Crippen LogP contribution in [0.15, 0.2) is 0 Å². The fraction of sp³-hybridized carbons (Fsp3) is 0.600. The highest BCUT2D eigenvalue weighted by Crippen LogP contribution is 2.30. The smallest absolute Gasteiger partial charge is 0.410 e. The molecule has 0 unspecified atom stereocenters. The molecule has 5 heteroatoms. The number of aliphatic hydroxyl groups is 1. The Balaban J connectivity index is 2.27. The molecule has 2 rings (SSSR count). The van der Waals surface area contributed by atoms with Gasteiger partial charge in [-0.05, 0) is 45.7 Å². The molecule has 1 N–H and O–H groups in total. The number of aryl methyl sites for hydroxylation is 1. The summed E-state index contributed by atoms with van der Waals surface area (Å²) in [5.74, 6) is 0. The van der Waals surface area contributed by atoms with Gasteiger partial charge in [-0.3, -0.25) is 9.88 Å². The second-order valence-corrected chi connectivity index (χ2v) is 6.22. The van der Waals surface area contributed by atoms with Gasteiger partial charge < -0.3 is 9.84 Å². The molecule has 1 aromatic rings. The molecule has 20 heavy (non-hydrogen) atoms. The lowest BCUT2D eigenvalue weighted by Crippen LogP contribution is -2.33. The highest BCUT2D eigenvalue weighted by molar-refractivity contribution is 5.69. The van der Waals surface area contributed by atoms with Crippen molar-refractivity contribution in [2.24, 2.45) is 0 Å². The molecular weight excluding hydrogens is 256 g/mol. The summed E-state index contributed by atoms with van der Waals surface area (Å²) in [6, 6.07) is 0. The Hall–Kier alpha value is -1.62. The summed E-state index contributed by atoms with van der Waals surface area (Å²) in [4.78, 5) is 18.2. The molecule has 110 valence electrons. The van der Waals surface area contributed by atoms with Crippen LogP contribution in [0.3, 0.4) is 0 Å². The van der Waals surface area contributed by atoms with Crippen LogP contribution in [-0.2, 0) is 24.4 Å². The maximum Gasteiger partial charge on any atom is 0.410 e. The summed E-state index contributed by atoms with van der Waals surface area (Å²) < 4.78 is 5.40. The Labute approximate surface area is 119 Å². The topological polar surface area (TPSA) is 62.7 Å². The molecule has 1 aliphatic rings. The molecule has 1 aromatic heterocycles. The van der Waals surface area contributed by atoms with Crippen molar-refractivity contribution in [1.82, 2.24) is 9.88 Å². The summed E-state index contributed by atoms with van der Waals surface area (Å²) in [5, 5.41) is 9.43. The number of aromatic nitrogens is 1. The maximum absolute atomic E-state index is 12.1. The molecule has 1 aliphatic heterocycles. The maximum atomic E-state index is 12.1. The lowest BCUT2D eigenvalue weighted by molar-refractivity contribution is 0.0241. The van der Waals surface area contributed by atoms with Gasteiger partial charge in [0.05, 0.1) is 25.4 Å². The molecule has 2 heterocycles. The average molecular weight is 278 g/mol. The largest absolute Gasteiger partial charge is 0.444 e. The number of hydrogen-bond acceptors (Lipinski definition) is 4. The van der Waals surface area contributed by atoms with E-state index in [4.69, 9.17) is 4.74 Å². The zero-order chi connectivity index (χ0) is 15.1. The van der Waals surface area contributed by atoms with Crippen molar-refractivity contribution >= 4 is 6.09 Å². The van der Waals surface area contributed by atoms with Crippen molar-refractivity contribution in [1.29, 1.82) is 0 Å². The van der Waals surface area contributed by atoms with Crippen molar-refractivity contribution < 1.29 is 14.6 Å². The number of nitrogens with zero attached hydrogens (tertiary/aromatic N) is 2. The number of hydrogen-bond donors (Lipinski definition) is 1. The molecule has 0 fully saturated rings. The molecule has 0 aliphatic carbocycles. The summed E-state index contributed by atoms with van der Waals surface area (Å²) in [7, 11) is 0. The van der Waals surface area contributed by atoms with Gasteiger partial charge in [-0.1, -0.05) is 0 Å². The van der Waals surface area contributed by atoms with Crippen LogP contribution in [0.2, 0.25) is 0 Å². The number of amides is 1. The van der Waals surface area contributed by atoms with Crippen molar-refractivity contribution in [2.45, 2.75) is 59.9 Å². The molecule has 0 aromatic carbocycles. The third kappa shape index (κ3) is 2.77. The van der Waals surface area contributed by atoms with E-state index in [9.17, 15) is 9.90 Å². The first-order chi connectivity index (χ1) is 9.23. The van der Waals surface area contributed by atoms with Gasteiger partial charge >= 0.3 is 6.09 Å². The first-order valence-corrected chi connectivity index (χ1v) is 6.79. The summed E-state index contributed by atoms with van der Waals surface area (Å²) in [5.41, 5.74) is 4.19. The average Bonchev–Trinajstić information content (AvgIpc) is 2.77. The number of ether oxygens (including phenoxy) is 1. The Morgan fingerprint density at radius 1 is 1.30 bits per heavy atom. The standard InChI is InChI=1S/C15H22N2O3/c1-9-10(2)16-13(8-18)12-7-17(6-11(9)12)14(19)20-15(3,4)5/h18H,6-8H2,1-5H3. The summed E-state index contributed by atoms with van der Waals surface area (Å²) >= 11 is 0. The monoisotopic (exact) mass is 278 g/mol. The van der Waals surface area contributed by atoms with E-state index in [1.165, 1.54) is 0 Å². The van der Waals surface area contributed by atoms with E-state index in [1.807, 2.05) is 34.6 Å². The van der Waals surface area contributed by atoms with Crippen LogP contribution in [0, 0.1) is 13.8 Å². The minimum Gasteiger partial charge on any atom is -0.444 e. The van der Waals surface area contributed by atoms with Crippen molar-refractivity contribution in [3.05, 3.63) is 28.1 Å². The van der Waals surface area contributed by atoms with Gasteiger partial charge in [0.15, 0.2) is 0 Å². The van der Waals surface area contributed by atoms with Gasteiger partial charge in [-0.15, -0.1) is 0 Å². The predicted molar refractivity (Wildman–Crippen MR) is 75.1 cm³/mol. The molecule has 0 radical (unpaired) electrons. The van der Waals surface area contributed by atoms with Gasteiger partial charge in [-0.25, -0.2) is 4.79 Å². The highest BCUT2D eigenvalue weighted by atomic mass is 16.6. The molecule has 0 saturated heterocycles. The van der Waals surface area contributed by atoms with Crippen LogP contribution in [-0.4, -0.2) is 26.7 Å². The van der Waals surface area contributed by atoms with E-state index < -0.39 is 5.60 Å². The predicted octanol–water partition coefficient (Wildman–Crippen LogP) is 2.44. The van der Waals surface area contributed by atoms with E-state index in [0.29, 0.717) is 18.8 Å². The number of carbonyl (C=O) groups excluding carboxylic acids is 1. The second kappa shape index (κ2) is 5.05. The summed E-state index contributed by atoms with van der Waals surface area (Å²) in [6.45, 7) is 10.3. The fourth-order valence-electron chi connectivity index (χ4n) is 2.40. The Morgan fingerprint density at radius 2 is 1.90 bits per heavy atom. The minimum atomic E-state index is -0.505. The summed E-state index contributed by atoms with van der Waals surface area (Å²) in [6.07, 6.45) is -0.324. The number of fused-ring (bicyclic) bond motifs is 1. The highest BCUT2D eigenvalue weighted by Gasteiger charge is 2.31. The Bertz CT molecular complexity index is 547. The van der Waals surface area contributed by atoms with Crippen LogP contribution in [0.5, 0.6) is 0 Å². The van der Waals surface area contributed by atoms with Gasteiger partial charge in [0.25, 0.3) is 0 Å². The molecule has 5 nitrogen and oxygen atoms in total. The number of aliphatic hydroxyl groups excluding tert-OH is 1. The van der Waals surface area contributed by atoms with Crippen molar-refractivity contribution in [2.75, 3.05) is 0 Å². The normalized spacial score (nSPS) is 14.4. The molecule has 0 bridgehead atoms. The van der Waals surface area contributed by atoms with E-state index in [1.54, 1.807) is 4.90 Å². The first kappa shape index (κ1) is 14.8. The lowest BCUT2D eigenvalue weighted by atomic mass is 10.0. The second-order valence-electron chi connectivity index (χ2n) is 6.22. The number of rotatable bonds is 1. The van der Waals surface area contributed by atoms with Crippen LogP contribution < -0.4 is 0 Å². The van der Waals surface area contributed by atoms with Crippen LogP contribution in [0.1, 0.15) is 48.8 Å². The Kier molecular flexibility index (Phi) is 3.73. The Morgan fingerprint density at radius 3 is 2.45 bits per heavy atom. The number of carbonyl (C=O) groups is 1. The third-order valence-corrected chi connectivity index (χ3v) is 3.51. The van der Waals surface area contributed by atoms with Gasteiger partial charge in [0.1, 0.15) is 5.60 Å². The van der Waals surface area contributed by atoms with Crippen LogP contribution in [0.4, 0.5) is 4.79 Å². The fourth-order valence-corrected chi connectivity index (χ4v) is 2.40. The van der Waals surface area contributed by atoms with E-state index in [0.717, 1.165) is 22.4 Å². The van der Waals surface area contributed by atoms with Crippen LogP contribution in [0.25, 0.3) is 0 Å². The first-order valence-electron chi connectivity index (χ1n) is 6.79. The zero-order valence-electron chi connectivity index (χ0n) is 12.8. The quantitative estimate of drug-likeness (QED) is 0.857. The molecular formula is C15H22N2O3. The molecule has 0 saturated carbocycles. The van der Waals surface area contributed by atoms with Crippen molar-refractivity contribution in [3.8, 4) is 0 Å². The van der Waals surface area contributed by atoms with Crippen molar-refractivity contribution in [3.63, 3.8) is 0 Å². The van der Waals surface area contributed by atoms with Gasteiger partial charge in [-0.2, -0.15) is 0 Å². The molecule has 0 spiro atoms. The third-order valence-electron chi connectivity index (χ3n) is 3.51. The van der Waals surface area contributed by atoms with E-state index >= 15 is 0 Å². The molecule has 1 amide bonds. The van der Waals surface area contributed by atoms with E-state index in [-0.39, 0.29) is 12.7 Å². The molecule has 0 atom stereocenters. The SMILES string of the molecule is Cc1nc(CO)c2c(c1C)CN(C(=O)OC(C)(C)C)C2. The van der Waals surface area contributed by atoms with Gasteiger partial charge in [0.2, 0.25) is 0 Å². The minimum absolute atomic E-state index is 0.106. The number of pyridine rings is 1.